The Labute approximate surface area is 517 Å². The normalized spacial score (nSPS) is 12.4. The molecule has 0 radical (unpaired) electrons. The Morgan fingerprint density at radius 1 is 0.253 bits per heavy atom. The maximum Gasteiger partial charge on any atom is 0.306 e. The molecule has 0 saturated heterocycles. The van der Waals surface area contributed by atoms with E-state index in [1.807, 2.05) is 0 Å². The Hall–Kier alpha value is -2.89. The summed E-state index contributed by atoms with van der Waals surface area (Å²) in [4.78, 5) is 38.2. The minimum absolute atomic E-state index is 0.0722. The van der Waals surface area contributed by atoms with E-state index in [1.54, 1.807) is 0 Å². The molecule has 0 aromatic carbocycles. The molecule has 0 aliphatic heterocycles. The van der Waals surface area contributed by atoms with Crippen molar-refractivity contribution < 1.29 is 28.6 Å². The van der Waals surface area contributed by atoms with Crippen molar-refractivity contribution in [3.63, 3.8) is 0 Å². The number of carbonyl (C=O) groups excluding carboxylic acids is 3. The van der Waals surface area contributed by atoms with Crippen molar-refractivity contribution in [1.29, 1.82) is 0 Å². The molecule has 0 heterocycles. The molecular formula is C77H140O6. The van der Waals surface area contributed by atoms with E-state index in [1.165, 1.54) is 257 Å². The summed E-state index contributed by atoms with van der Waals surface area (Å²) in [5.74, 6) is -0.863. The summed E-state index contributed by atoms with van der Waals surface area (Å²) in [7, 11) is 0. The van der Waals surface area contributed by atoms with Crippen molar-refractivity contribution in [1.82, 2.24) is 0 Å². The Morgan fingerprint density at radius 2 is 0.470 bits per heavy atom. The van der Waals surface area contributed by atoms with Gasteiger partial charge >= 0.3 is 17.9 Å². The third-order valence-corrected chi connectivity index (χ3v) is 16.5. The molecule has 0 amide bonds. The fourth-order valence-electron chi connectivity index (χ4n) is 11.1. The van der Waals surface area contributed by atoms with Crippen LogP contribution in [-0.4, -0.2) is 37.2 Å². The molecule has 6 heteroatoms. The molecule has 0 aliphatic rings. The second-order valence-corrected chi connectivity index (χ2v) is 24.8. The van der Waals surface area contributed by atoms with E-state index in [-0.39, 0.29) is 31.1 Å². The van der Waals surface area contributed by atoms with Crippen molar-refractivity contribution >= 4 is 17.9 Å². The zero-order chi connectivity index (χ0) is 59.9. The minimum Gasteiger partial charge on any atom is -0.462 e. The van der Waals surface area contributed by atoms with Crippen molar-refractivity contribution in [3.05, 3.63) is 60.8 Å². The maximum absolute atomic E-state index is 12.9. The summed E-state index contributed by atoms with van der Waals surface area (Å²) < 4.78 is 16.9. The zero-order valence-corrected chi connectivity index (χ0v) is 55.7. The van der Waals surface area contributed by atoms with Crippen LogP contribution in [0.25, 0.3) is 0 Å². The average Bonchev–Trinajstić information content (AvgIpc) is 3.50. The predicted molar refractivity (Wildman–Crippen MR) is 362 cm³/mol. The molecule has 0 aromatic rings. The highest BCUT2D eigenvalue weighted by atomic mass is 16.6. The van der Waals surface area contributed by atoms with E-state index < -0.39 is 6.10 Å². The summed E-state index contributed by atoms with van der Waals surface area (Å²) in [6.45, 7) is 6.54. The molecule has 0 N–H and O–H groups in total. The van der Waals surface area contributed by atoms with Gasteiger partial charge in [-0.25, -0.2) is 0 Å². The van der Waals surface area contributed by atoms with Crippen LogP contribution in [0.1, 0.15) is 393 Å². The lowest BCUT2D eigenvalue weighted by molar-refractivity contribution is -0.167. The lowest BCUT2D eigenvalue weighted by Crippen LogP contribution is -2.30. The highest BCUT2D eigenvalue weighted by molar-refractivity contribution is 5.71. The largest absolute Gasteiger partial charge is 0.462 e. The van der Waals surface area contributed by atoms with Gasteiger partial charge in [-0.15, -0.1) is 0 Å². The monoisotopic (exact) mass is 1160 g/mol. The van der Waals surface area contributed by atoms with Gasteiger partial charge in [0, 0.05) is 19.3 Å². The molecule has 0 spiro atoms. The molecule has 0 aromatic heterocycles. The van der Waals surface area contributed by atoms with Crippen molar-refractivity contribution in [2.75, 3.05) is 13.2 Å². The van der Waals surface area contributed by atoms with Gasteiger partial charge in [-0.05, 0) is 64.2 Å². The van der Waals surface area contributed by atoms with Gasteiger partial charge in [0.2, 0.25) is 0 Å². The predicted octanol–water partition coefficient (Wildman–Crippen LogP) is 25.5. The fraction of sp³-hybridized carbons (Fsp3) is 0.831. The summed E-state index contributed by atoms with van der Waals surface area (Å²) in [6, 6.07) is 0. The third kappa shape index (κ3) is 69.8. The Kier molecular flexibility index (Phi) is 69.1. The third-order valence-electron chi connectivity index (χ3n) is 16.5. The molecule has 1 unspecified atom stereocenters. The van der Waals surface area contributed by atoms with Crippen molar-refractivity contribution in [2.24, 2.45) is 0 Å². The van der Waals surface area contributed by atoms with Crippen LogP contribution in [0.3, 0.4) is 0 Å². The first-order valence-electron chi connectivity index (χ1n) is 36.8. The molecule has 0 bridgehead atoms. The first-order valence-corrected chi connectivity index (χ1v) is 36.8. The van der Waals surface area contributed by atoms with Crippen LogP contribution in [0.2, 0.25) is 0 Å². The van der Waals surface area contributed by atoms with E-state index in [2.05, 4.69) is 81.5 Å². The smallest absolute Gasteiger partial charge is 0.306 e. The summed E-state index contributed by atoms with van der Waals surface area (Å²) >= 11 is 0. The highest BCUT2D eigenvalue weighted by Crippen LogP contribution is 2.19. The second-order valence-electron chi connectivity index (χ2n) is 24.8. The number of unbranched alkanes of at least 4 members (excludes halogenated alkanes) is 47. The first kappa shape index (κ1) is 80.1. The number of carbonyl (C=O) groups is 3. The summed E-state index contributed by atoms with van der Waals surface area (Å²) in [6.07, 6.45) is 93.1. The highest BCUT2D eigenvalue weighted by Gasteiger charge is 2.19. The zero-order valence-electron chi connectivity index (χ0n) is 55.7. The number of hydrogen-bond donors (Lipinski definition) is 0. The molecule has 83 heavy (non-hydrogen) atoms. The first-order chi connectivity index (χ1) is 41.0. The van der Waals surface area contributed by atoms with E-state index in [4.69, 9.17) is 14.2 Å². The van der Waals surface area contributed by atoms with Crippen molar-refractivity contribution in [2.45, 2.75) is 399 Å². The average molecular weight is 1160 g/mol. The van der Waals surface area contributed by atoms with Crippen LogP contribution >= 0.6 is 0 Å². The number of esters is 3. The van der Waals surface area contributed by atoms with E-state index in [9.17, 15) is 14.4 Å². The molecule has 0 aliphatic carbocycles. The van der Waals surface area contributed by atoms with Crippen LogP contribution in [0.5, 0.6) is 0 Å². The van der Waals surface area contributed by atoms with Gasteiger partial charge in [0.15, 0.2) is 6.10 Å². The fourth-order valence-corrected chi connectivity index (χ4v) is 11.1. The van der Waals surface area contributed by atoms with Gasteiger partial charge < -0.3 is 14.2 Å². The van der Waals surface area contributed by atoms with Crippen molar-refractivity contribution in [3.8, 4) is 0 Å². The van der Waals surface area contributed by atoms with Gasteiger partial charge in [-0.1, -0.05) is 370 Å². The number of ether oxygens (including phenoxy) is 3. The summed E-state index contributed by atoms with van der Waals surface area (Å²) in [5, 5.41) is 0. The molecule has 484 valence electrons. The SMILES string of the molecule is CC/C=C\C/C=C\C/C=C\C/C=C\C/C=C\CCCCCCCCCCCC(=O)OC(COC(=O)CCCCCCCCC)COC(=O)CCCCCCCCCCCCCCCCCCCCCCCCCCCCCCCCCCC. The molecule has 0 fully saturated rings. The maximum atomic E-state index is 12.9. The molecule has 0 saturated carbocycles. The van der Waals surface area contributed by atoms with Crippen LogP contribution < -0.4 is 0 Å². The number of rotatable bonds is 68. The van der Waals surface area contributed by atoms with Crippen LogP contribution in [-0.2, 0) is 28.6 Å². The van der Waals surface area contributed by atoms with E-state index in [0.29, 0.717) is 19.3 Å². The number of allylic oxidation sites excluding steroid dienone is 10. The second kappa shape index (κ2) is 71.6. The molecule has 6 nitrogen and oxygen atoms in total. The van der Waals surface area contributed by atoms with Gasteiger partial charge in [0.25, 0.3) is 0 Å². The standard InChI is InChI=1S/C77H140O6/c1-4-7-10-13-16-18-20-22-24-26-28-30-32-34-35-36-37-38-39-40-41-43-44-46-48-50-52-54-56-58-61-64-67-70-76(79)82-73-74(72-81-75(78)69-66-63-60-15-12-9-6-3)83-77(80)71-68-65-62-59-57-55-53-51-49-47-45-42-33-31-29-27-25-23-21-19-17-14-11-8-5-2/h8,11,17,19,23,25,29,31,42,45,74H,4-7,9-10,12-16,18,20-22,24,26-28,30,32-41,43-44,46-73H2,1-3H3/b11-8-,19-17-,25-23-,31-29-,45-42-. The Morgan fingerprint density at radius 3 is 0.735 bits per heavy atom. The lowest BCUT2D eigenvalue weighted by Gasteiger charge is -2.18. The van der Waals surface area contributed by atoms with Gasteiger partial charge in [0.1, 0.15) is 13.2 Å². The van der Waals surface area contributed by atoms with Crippen LogP contribution in [0, 0.1) is 0 Å². The quantitative estimate of drug-likeness (QED) is 0.0261. The summed E-state index contributed by atoms with van der Waals surface area (Å²) in [5.41, 5.74) is 0. The molecule has 1 atom stereocenters. The Bertz CT molecular complexity index is 1470. The lowest BCUT2D eigenvalue weighted by atomic mass is 10.0. The Balaban J connectivity index is 3.99. The van der Waals surface area contributed by atoms with Crippen LogP contribution in [0.15, 0.2) is 60.8 Å². The van der Waals surface area contributed by atoms with Gasteiger partial charge in [-0.3, -0.25) is 14.4 Å². The van der Waals surface area contributed by atoms with Gasteiger partial charge in [-0.2, -0.15) is 0 Å². The van der Waals surface area contributed by atoms with Crippen LogP contribution in [0.4, 0.5) is 0 Å². The van der Waals surface area contributed by atoms with E-state index in [0.717, 1.165) is 96.3 Å². The molecule has 0 rings (SSSR count). The molecular weight excluding hydrogens is 1020 g/mol. The number of hydrogen-bond acceptors (Lipinski definition) is 6. The topological polar surface area (TPSA) is 78.9 Å². The minimum atomic E-state index is -0.775. The van der Waals surface area contributed by atoms with Gasteiger partial charge in [0.05, 0.1) is 0 Å². The van der Waals surface area contributed by atoms with E-state index >= 15 is 0 Å².